The Kier molecular flexibility index (Phi) is 6.97. The van der Waals surface area contributed by atoms with Gasteiger partial charge in [-0.3, -0.25) is 9.59 Å². The standard InChI is InChI=1S/C22H27N3O5S/c1-3-25(4-2)31(29,30)18-11-9-17(10-12-18)21(27)23-13-15-24(16-14-23)22(28)19-7-5-6-8-20(19)26/h5-12,26H,3-4,13-16H2,1-2H3. The van der Waals surface area contributed by atoms with Gasteiger partial charge in [-0.05, 0) is 36.4 Å². The SMILES string of the molecule is CCN(CC)S(=O)(=O)c1ccc(C(=O)N2CCN(C(=O)c3ccccc3O)CC2)cc1. The molecule has 0 aliphatic carbocycles. The van der Waals surface area contributed by atoms with Gasteiger partial charge in [-0.1, -0.05) is 26.0 Å². The van der Waals surface area contributed by atoms with Gasteiger partial charge in [0, 0.05) is 44.8 Å². The molecule has 2 aromatic rings. The van der Waals surface area contributed by atoms with Crippen molar-refractivity contribution in [3.8, 4) is 5.75 Å². The molecule has 9 heteroatoms. The van der Waals surface area contributed by atoms with Gasteiger partial charge in [0.05, 0.1) is 10.5 Å². The molecule has 8 nitrogen and oxygen atoms in total. The van der Waals surface area contributed by atoms with E-state index in [0.717, 1.165) is 0 Å². The number of hydrogen-bond acceptors (Lipinski definition) is 5. The lowest BCUT2D eigenvalue weighted by atomic mass is 10.1. The minimum Gasteiger partial charge on any atom is -0.507 e. The normalized spacial score (nSPS) is 14.7. The van der Waals surface area contributed by atoms with E-state index in [-0.39, 0.29) is 28.0 Å². The smallest absolute Gasteiger partial charge is 0.257 e. The number of sulfonamides is 1. The number of phenolic OH excluding ortho intramolecular Hbond substituents is 1. The molecule has 1 fully saturated rings. The topological polar surface area (TPSA) is 98.2 Å². The van der Waals surface area contributed by atoms with Crippen LogP contribution >= 0.6 is 0 Å². The fraction of sp³-hybridized carbons (Fsp3) is 0.364. The second kappa shape index (κ2) is 9.49. The number of para-hydroxylation sites is 1. The molecule has 2 amide bonds. The number of amides is 2. The van der Waals surface area contributed by atoms with Crippen LogP contribution in [0.3, 0.4) is 0 Å². The minimum atomic E-state index is -3.57. The number of carbonyl (C=O) groups is 2. The van der Waals surface area contributed by atoms with Crippen LogP contribution in [0.25, 0.3) is 0 Å². The van der Waals surface area contributed by atoms with Crippen molar-refractivity contribution in [3.63, 3.8) is 0 Å². The maximum absolute atomic E-state index is 12.8. The molecule has 0 atom stereocenters. The molecule has 0 saturated carbocycles. The number of benzene rings is 2. The summed E-state index contributed by atoms with van der Waals surface area (Å²) in [5, 5.41) is 9.89. The maximum atomic E-state index is 12.8. The quantitative estimate of drug-likeness (QED) is 0.734. The van der Waals surface area contributed by atoms with E-state index in [4.69, 9.17) is 0 Å². The highest BCUT2D eigenvalue weighted by Gasteiger charge is 2.27. The van der Waals surface area contributed by atoms with Crippen LogP contribution in [0.5, 0.6) is 5.75 Å². The fourth-order valence-electron chi connectivity index (χ4n) is 3.60. The van der Waals surface area contributed by atoms with E-state index in [2.05, 4.69) is 0 Å². The van der Waals surface area contributed by atoms with Crippen molar-refractivity contribution in [1.82, 2.24) is 14.1 Å². The molecule has 2 aromatic carbocycles. The fourth-order valence-corrected chi connectivity index (χ4v) is 5.06. The predicted octanol–water partition coefficient (Wildman–Crippen LogP) is 2.02. The van der Waals surface area contributed by atoms with Crippen LogP contribution in [-0.2, 0) is 10.0 Å². The first-order valence-corrected chi connectivity index (χ1v) is 11.7. The third-order valence-corrected chi connectivity index (χ3v) is 7.50. The van der Waals surface area contributed by atoms with Gasteiger partial charge in [-0.15, -0.1) is 0 Å². The van der Waals surface area contributed by atoms with Crippen molar-refractivity contribution in [3.05, 3.63) is 59.7 Å². The van der Waals surface area contributed by atoms with Crippen LogP contribution in [0, 0.1) is 0 Å². The van der Waals surface area contributed by atoms with Crippen molar-refractivity contribution in [2.24, 2.45) is 0 Å². The number of hydrogen-bond donors (Lipinski definition) is 1. The zero-order valence-electron chi connectivity index (χ0n) is 17.7. The third kappa shape index (κ3) is 4.72. The zero-order chi connectivity index (χ0) is 22.6. The van der Waals surface area contributed by atoms with Crippen LogP contribution < -0.4 is 0 Å². The Morgan fingerprint density at radius 1 is 0.871 bits per heavy atom. The first-order valence-electron chi connectivity index (χ1n) is 10.3. The molecule has 0 unspecified atom stereocenters. The van der Waals surface area contributed by atoms with Crippen LogP contribution in [0.2, 0.25) is 0 Å². The molecule has 31 heavy (non-hydrogen) atoms. The van der Waals surface area contributed by atoms with Gasteiger partial charge < -0.3 is 14.9 Å². The number of nitrogens with zero attached hydrogens (tertiary/aromatic N) is 3. The number of phenols is 1. The van der Waals surface area contributed by atoms with Gasteiger partial charge in [-0.25, -0.2) is 8.42 Å². The van der Waals surface area contributed by atoms with E-state index >= 15 is 0 Å². The highest BCUT2D eigenvalue weighted by atomic mass is 32.2. The number of rotatable bonds is 6. The van der Waals surface area contributed by atoms with E-state index in [1.807, 2.05) is 0 Å². The highest BCUT2D eigenvalue weighted by Crippen LogP contribution is 2.20. The third-order valence-electron chi connectivity index (χ3n) is 5.43. The summed E-state index contributed by atoms with van der Waals surface area (Å²) in [5.41, 5.74) is 0.645. The molecule has 1 saturated heterocycles. The first-order chi connectivity index (χ1) is 14.8. The Bertz CT molecular complexity index is 1040. The number of carbonyl (C=O) groups excluding carboxylic acids is 2. The Balaban J connectivity index is 1.65. The molecule has 1 aliphatic heterocycles. The molecule has 0 aromatic heterocycles. The molecule has 1 aliphatic rings. The summed E-state index contributed by atoms with van der Waals surface area (Å²) in [5.74, 6) is -0.539. The minimum absolute atomic E-state index is 0.0641. The Morgan fingerprint density at radius 2 is 1.39 bits per heavy atom. The van der Waals surface area contributed by atoms with Crippen LogP contribution in [0.4, 0.5) is 0 Å². The van der Waals surface area contributed by atoms with Crippen molar-refractivity contribution < 1.29 is 23.1 Å². The summed E-state index contributed by atoms with van der Waals surface area (Å²) >= 11 is 0. The molecular weight excluding hydrogens is 418 g/mol. The molecule has 1 N–H and O–H groups in total. The van der Waals surface area contributed by atoms with Gasteiger partial charge in [0.2, 0.25) is 10.0 Å². The van der Waals surface area contributed by atoms with Crippen molar-refractivity contribution >= 4 is 21.8 Å². The molecule has 0 bridgehead atoms. The second-order valence-corrected chi connectivity index (χ2v) is 9.15. The number of aromatic hydroxyl groups is 1. The van der Waals surface area contributed by atoms with Crippen LogP contribution in [0.15, 0.2) is 53.4 Å². The molecule has 3 rings (SSSR count). The second-order valence-electron chi connectivity index (χ2n) is 7.22. The molecular formula is C22H27N3O5S. The Hall–Kier alpha value is -2.91. The number of piperazine rings is 1. The van der Waals surface area contributed by atoms with E-state index in [1.54, 1.807) is 41.8 Å². The summed E-state index contributed by atoms with van der Waals surface area (Å²) in [6.07, 6.45) is 0. The van der Waals surface area contributed by atoms with Crippen molar-refractivity contribution in [2.45, 2.75) is 18.7 Å². The molecule has 1 heterocycles. The summed E-state index contributed by atoms with van der Waals surface area (Å²) in [7, 11) is -3.57. The summed E-state index contributed by atoms with van der Waals surface area (Å²) in [4.78, 5) is 28.8. The van der Waals surface area contributed by atoms with Gasteiger partial charge in [0.1, 0.15) is 5.75 Å². The zero-order valence-corrected chi connectivity index (χ0v) is 18.5. The lowest BCUT2D eigenvalue weighted by molar-refractivity contribution is 0.0533. The van der Waals surface area contributed by atoms with Gasteiger partial charge in [0.25, 0.3) is 11.8 Å². The first kappa shape index (κ1) is 22.8. The lowest BCUT2D eigenvalue weighted by Crippen LogP contribution is -2.50. The van der Waals surface area contributed by atoms with Crippen LogP contribution in [-0.4, -0.2) is 78.7 Å². The van der Waals surface area contributed by atoms with E-state index in [0.29, 0.717) is 44.8 Å². The van der Waals surface area contributed by atoms with Gasteiger partial charge >= 0.3 is 0 Å². The lowest BCUT2D eigenvalue weighted by Gasteiger charge is -2.35. The van der Waals surface area contributed by atoms with Crippen molar-refractivity contribution in [2.75, 3.05) is 39.3 Å². The van der Waals surface area contributed by atoms with Gasteiger partial charge in [-0.2, -0.15) is 4.31 Å². The molecule has 166 valence electrons. The van der Waals surface area contributed by atoms with E-state index < -0.39 is 10.0 Å². The summed E-state index contributed by atoms with van der Waals surface area (Å²) < 4.78 is 26.6. The van der Waals surface area contributed by atoms with Crippen LogP contribution in [0.1, 0.15) is 34.6 Å². The van der Waals surface area contributed by atoms with E-state index in [1.165, 1.54) is 34.6 Å². The highest BCUT2D eigenvalue weighted by molar-refractivity contribution is 7.89. The molecule has 0 radical (unpaired) electrons. The van der Waals surface area contributed by atoms with E-state index in [9.17, 15) is 23.1 Å². The summed E-state index contributed by atoms with van der Waals surface area (Å²) in [6.45, 7) is 5.74. The summed E-state index contributed by atoms with van der Waals surface area (Å²) in [6, 6.07) is 12.4. The molecule has 0 spiro atoms. The average molecular weight is 446 g/mol. The monoisotopic (exact) mass is 445 g/mol. The van der Waals surface area contributed by atoms with Gasteiger partial charge in [0.15, 0.2) is 0 Å². The Labute approximate surface area is 182 Å². The Morgan fingerprint density at radius 3 is 1.90 bits per heavy atom. The average Bonchev–Trinajstić information content (AvgIpc) is 2.79. The maximum Gasteiger partial charge on any atom is 0.257 e. The predicted molar refractivity (Wildman–Crippen MR) is 116 cm³/mol. The largest absolute Gasteiger partial charge is 0.507 e. The van der Waals surface area contributed by atoms with Crippen molar-refractivity contribution in [1.29, 1.82) is 0 Å².